The number of halogens is 7. The first kappa shape index (κ1) is 70.9. The summed E-state index contributed by atoms with van der Waals surface area (Å²) in [4.78, 5) is 81.9. The molecule has 488 valence electrons. The van der Waals surface area contributed by atoms with E-state index in [1.807, 2.05) is 0 Å². The van der Waals surface area contributed by atoms with E-state index in [2.05, 4.69) is 0 Å². The van der Waals surface area contributed by atoms with Crippen molar-refractivity contribution >= 4 is 58.9 Å². The molecule has 1 N–H and O–H groups in total. The van der Waals surface area contributed by atoms with Crippen molar-refractivity contribution in [2.24, 2.45) is 0 Å². The van der Waals surface area contributed by atoms with Gasteiger partial charge in [-0.1, -0.05) is 24.3 Å². The minimum atomic E-state index is -4.42. The zero-order valence-electron chi connectivity index (χ0n) is 52.8. The molecule has 2 aliphatic heterocycles. The summed E-state index contributed by atoms with van der Waals surface area (Å²) in [5, 5.41) is 9.63. The number of carbonyl (C=O) groups excluding carboxylic acids is 6. The number of fused-ring (bicyclic) bond motifs is 2. The lowest BCUT2D eigenvalue weighted by Gasteiger charge is -2.29. The number of aromatic hydroxyl groups is 1. The maximum absolute atomic E-state index is 13.6. The molecule has 0 saturated heterocycles. The molecule has 0 unspecified atom stereocenters. The molecule has 23 heteroatoms. The van der Waals surface area contributed by atoms with Crippen molar-refractivity contribution in [3.63, 3.8) is 0 Å². The maximum Gasteiger partial charge on any atom is 0.416 e. The predicted octanol–water partition coefficient (Wildman–Crippen LogP) is 14.6. The third kappa shape index (κ3) is 22.3. The van der Waals surface area contributed by atoms with E-state index >= 15 is 0 Å². The van der Waals surface area contributed by atoms with Crippen LogP contribution in [0.5, 0.6) is 11.5 Å². The van der Waals surface area contributed by atoms with E-state index < -0.39 is 70.0 Å². The molecular weight excluding hydrogens is 1190 g/mol. The van der Waals surface area contributed by atoms with Gasteiger partial charge in [0.1, 0.15) is 53.6 Å². The van der Waals surface area contributed by atoms with Crippen molar-refractivity contribution in [1.29, 1.82) is 0 Å². The summed E-state index contributed by atoms with van der Waals surface area (Å²) in [6.07, 6.45) is -5.77. The number of hydrogen-bond donors (Lipinski definition) is 1. The van der Waals surface area contributed by atoms with Crippen LogP contribution in [0, 0.1) is 0 Å². The van der Waals surface area contributed by atoms with Crippen LogP contribution in [0.15, 0.2) is 72.8 Å². The SMILES string of the molecule is CC(C)(C)OC(=O)CCN(CC(=O)N1CCc2cc(O)ccc21)C(=O)OC(C)(C)C.CC(C)(C)OC(=O)CCN(CC(=O)N1CCc2cc(OCc3ccc(C4CC4)c(C(F)(F)F)c3)ccc21)C(=O)OC(C)(C)C.FC(F)(F)c1cc(CCl)ccc1C1CC1. The first-order chi connectivity index (χ1) is 41.2. The number of phenols is 1. The van der Waals surface area contributed by atoms with Gasteiger partial charge in [0.2, 0.25) is 11.8 Å². The number of nitrogens with zero attached hydrogens (tertiary/aromatic N) is 4. The van der Waals surface area contributed by atoms with Gasteiger partial charge in [0, 0.05) is 43.4 Å². The van der Waals surface area contributed by atoms with E-state index in [0.717, 1.165) is 36.8 Å². The molecule has 0 spiro atoms. The highest BCUT2D eigenvalue weighted by Crippen LogP contribution is 2.47. The Morgan fingerprint density at radius 1 is 0.528 bits per heavy atom. The van der Waals surface area contributed by atoms with E-state index in [0.29, 0.717) is 65.3 Å². The summed E-state index contributed by atoms with van der Waals surface area (Å²) >= 11 is 5.53. The van der Waals surface area contributed by atoms with Gasteiger partial charge < -0.3 is 38.6 Å². The number of phenolic OH excluding ortho intramolecular Hbond substituents is 1. The van der Waals surface area contributed by atoms with Crippen molar-refractivity contribution in [2.75, 3.05) is 49.1 Å². The number of amides is 4. The molecule has 0 bridgehead atoms. The van der Waals surface area contributed by atoms with E-state index in [4.69, 9.17) is 35.3 Å². The van der Waals surface area contributed by atoms with E-state index in [9.17, 15) is 60.2 Å². The van der Waals surface area contributed by atoms with Gasteiger partial charge in [0.25, 0.3) is 0 Å². The fourth-order valence-electron chi connectivity index (χ4n) is 9.77. The molecule has 2 heterocycles. The number of anilines is 2. The fraction of sp³-hybridized carbons (Fsp3) is 0.545. The van der Waals surface area contributed by atoms with Gasteiger partial charge in [-0.3, -0.25) is 29.0 Å². The number of rotatable bonds is 16. The summed E-state index contributed by atoms with van der Waals surface area (Å²) in [5.41, 5.74) is 0.855. The number of ether oxygens (including phenoxy) is 5. The molecule has 2 aliphatic carbocycles. The van der Waals surface area contributed by atoms with Gasteiger partial charge in [-0.25, -0.2) is 9.59 Å². The largest absolute Gasteiger partial charge is 0.508 e. The standard InChI is InChI=1S/C33H41F3N2O6.C22H32N2O6.C11H10ClF3/c1-31(2,3)43-29(40)14-15-37(30(41)44-32(4,5)6)19-28(39)38-16-13-23-18-24(10-12-27(23)38)42-20-21-7-11-25(22-8-9-22)26(17-21)33(34,35)36;1-21(2,3)29-19(27)10-11-23(20(28)30-22(4,5)6)14-18(26)24-12-9-15-13-16(25)7-8-17(15)24;12-6-7-1-4-9(8-2-3-8)10(5-7)11(13,14)15/h7,10-12,17-18,22H,8-9,13-16,19-20H2,1-6H3;7-8,13,25H,9-12,14H2,1-6H3;1,4-5,8H,2-3,6H2. The molecular formula is C66H83ClF6N4O12. The van der Waals surface area contributed by atoms with Crippen LogP contribution in [0.3, 0.4) is 0 Å². The lowest BCUT2D eigenvalue weighted by Crippen LogP contribution is -2.45. The molecule has 0 aromatic heterocycles. The number of benzene rings is 4. The Balaban J connectivity index is 0.000000240. The topological polar surface area (TPSA) is 182 Å². The smallest absolute Gasteiger partial charge is 0.416 e. The third-order valence-electron chi connectivity index (χ3n) is 13.9. The minimum Gasteiger partial charge on any atom is -0.508 e. The highest BCUT2D eigenvalue weighted by Gasteiger charge is 2.40. The van der Waals surface area contributed by atoms with Crippen molar-refractivity contribution in [3.05, 3.63) is 117 Å². The molecule has 2 fully saturated rings. The lowest BCUT2D eigenvalue weighted by atomic mass is 10.00. The Morgan fingerprint density at radius 2 is 0.921 bits per heavy atom. The summed E-state index contributed by atoms with van der Waals surface area (Å²) in [6, 6.07) is 18.8. The highest BCUT2D eigenvalue weighted by molar-refractivity contribution is 6.17. The number of carbonyl (C=O) groups is 6. The second kappa shape index (κ2) is 28.7. The molecule has 0 radical (unpaired) electrons. The van der Waals surface area contributed by atoms with Crippen molar-refractivity contribution < 1.29 is 83.9 Å². The predicted molar refractivity (Wildman–Crippen MR) is 324 cm³/mol. The molecule has 16 nitrogen and oxygen atoms in total. The number of alkyl halides is 7. The Bertz CT molecular complexity index is 3190. The van der Waals surface area contributed by atoms with Crippen LogP contribution in [0.2, 0.25) is 0 Å². The lowest BCUT2D eigenvalue weighted by molar-refractivity contribution is -0.156. The van der Waals surface area contributed by atoms with Gasteiger partial charge >= 0.3 is 36.5 Å². The molecule has 89 heavy (non-hydrogen) atoms. The van der Waals surface area contributed by atoms with Crippen LogP contribution in [-0.4, -0.2) is 113 Å². The van der Waals surface area contributed by atoms with Crippen LogP contribution >= 0.6 is 11.6 Å². The zero-order valence-corrected chi connectivity index (χ0v) is 53.5. The van der Waals surface area contributed by atoms with Gasteiger partial charge in [-0.05, 0) is 215 Å². The van der Waals surface area contributed by atoms with E-state index in [1.165, 1.54) is 28.0 Å². The summed E-state index contributed by atoms with van der Waals surface area (Å²) < 4.78 is 106. The first-order valence-electron chi connectivity index (χ1n) is 29.7. The van der Waals surface area contributed by atoms with Crippen LogP contribution < -0.4 is 14.5 Å². The van der Waals surface area contributed by atoms with Crippen LogP contribution in [0.25, 0.3) is 0 Å². The van der Waals surface area contributed by atoms with Gasteiger partial charge in [-0.15, -0.1) is 11.6 Å². The van der Waals surface area contributed by atoms with E-state index in [-0.39, 0.29) is 80.9 Å². The average Bonchev–Trinajstić information content (AvgIpc) is 1.86. The minimum absolute atomic E-state index is 0.00580. The summed E-state index contributed by atoms with van der Waals surface area (Å²) in [5.74, 6) is -0.750. The van der Waals surface area contributed by atoms with Crippen LogP contribution in [-0.2, 0) is 75.8 Å². The maximum atomic E-state index is 13.6. The second-order valence-corrected chi connectivity index (χ2v) is 26.7. The third-order valence-corrected chi connectivity index (χ3v) is 14.2. The van der Waals surface area contributed by atoms with E-state index in [1.54, 1.807) is 147 Å². The van der Waals surface area contributed by atoms with Gasteiger partial charge in [0.05, 0.1) is 24.0 Å². The summed E-state index contributed by atoms with van der Waals surface area (Å²) in [6.45, 7) is 21.1. The average molecular weight is 1270 g/mol. The number of esters is 2. The molecule has 4 aromatic rings. The molecule has 4 aliphatic rings. The molecule has 4 aromatic carbocycles. The Hall–Kier alpha value is -7.23. The van der Waals surface area contributed by atoms with Crippen LogP contribution in [0.4, 0.5) is 47.3 Å². The molecule has 8 rings (SSSR count). The molecule has 4 amide bonds. The highest BCUT2D eigenvalue weighted by atomic mass is 35.5. The monoisotopic (exact) mass is 1270 g/mol. The normalized spacial score (nSPS) is 14.9. The molecule has 2 saturated carbocycles. The van der Waals surface area contributed by atoms with Crippen molar-refractivity contribution in [1.82, 2.24) is 9.80 Å². The van der Waals surface area contributed by atoms with Gasteiger partial charge in [0.15, 0.2) is 0 Å². The summed E-state index contributed by atoms with van der Waals surface area (Å²) in [7, 11) is 0. The van der Waals surface area contributed by atoms with Gasteiger partial charge in [-0.2, -0.15) is 26.3 Å². The van der Waals surface area contributed by atoms with Crippen LogP contribution in [0.1, 0.15) is 178 Å². The van der Waals surface area contributed by atoms with Crippen molar-refractivity contribution in [2.45, 2.75) is 194 Å². The second-order valence-electron chi connectivity index (χ2n) is 26.5. The fourth-order valence-corrected chi connectivity index (χ4v) is 9.94. The molecule has 0 atom stereocenters. The Kier molecular flexibility index (Phi) is 22.9. The first-order valence-corrected chi connectivity index (χ1v) is 30.2. The Labute approximate surface area is 522 Å². The quantitative estimate of drug-likeness (QED) is 0.0486. The zero-order chi connectivity index (χ0) is 66.2. The Morgan fingerprint density at radius 3 is 1.31 bits per heavy atom. The number of hydrogen-bond acceptors (Lipinski definition) is 12. The van der Waals surface area contributed by atoms with Crippen molar-refractivity contribution in [3.8, 4) is 11.5 Å².